The molecule has 10 heteroatoms. The number of benzene rings is 1. The minimum atomic E-state index is -0.340. The van der Waals surface area contributed by atoms with Crippen LogP contribution >= 0.6 is 11.6 Å². The minimum Gasteiger partial charge on any atom is -0.366 e. The van der Waals surface area contributed by atoms with Gasteiger partial charge in [-0.3, -0.25) is 14.5 Å². The largest absolute Gasteiger partial charge is 0.366 e. The van der Waals surface area contributed by atoms with E-state index >= 15 is 0 Å². The quantitative estimate of drug-likeness (QED) is 0.625. The van der Waals surface area contributed by atoms with Gasteiger partial charge in [0.25, 0.3) is 5.56 Å². The number of nitrogens with zero attached hydrogens (tertiary/aromatic N) is 5. The topological polar surface area (TPSA) is 96.5 Å². The number of nitrogens with one attached hydrogen (secondary N) is 1. The van der Waals surface area contributed by atoms with E-state index in [0.717, 1.165) is 13.1 Å². The van der Waals surface area contributed by atoms with E-state index in [1.165, 1.54) is 4.68 Å². The molecule has 2 aromatic heterocycles. The Kier molecular flexibility index (Phi) is 6.34. The summed E-state index contributed by atoms with van der Waals surface area (Å²) in [5, 5.41) is 11.0. The summed E-state index contributed by atoms with van der Waals surface area (Å²) in [4.78, 5) is 29.1. The van der Waals surface area contributed by atoms with Crippen molar-refractivity contribution in [1.82, 2.24) is 19.8 Å². The van der Waals surface area contributed by atoms with Crippen LogP contribution in [0.5, 0.6) is 0 Å². The van der Waals surface area contributed by atoms with Crippen molar-refractivity contribution in [3.05, 3.63) is 63.7 Å². The number of aryl methyl sites for hydroxylation is 1. The number of carbonyl (C=O) groups is 1. The zero-order valence-corrected chi connectivity index (χ0v) is 17.9. The van der Waals surface area contributed by atoms with E-state index < -0.39 is 0 Å². The second-order valence-corrected chi connectivity index (χ2v) is 7.72. The molecule has 1 saturated heterocycles. The lowest BCUT2D eigenvalue weighted by molar-refractivity contribution is -0.116. The van der Waals surface area contributed by atoms with Crippen molar-refractivity contribution in [2.75, 3.05) is 42.9 Å². The van der Waals surface area contributed by atoms with Crippen LogP contribution in [0.15, 0.2) is 51.9 Å². The van der Waals surface area contributed by atoms with Gasteiger partial charge < -0.3 is 14.7 Å². The van der Waals surface area contributed by atoms with Gasteiger partial charge >= 0.3 is 0 Å². The Morgan fingerprint density at radius 3 is 2.61 bits per heavy atom. The molecule has 31 heavy (non-hydrogen) atoms. The Balaban J connectivity index is 1.32. The lowest BCUT2D eigenvalue weighted by Gasteiger charge is -2.36. The first-order chi connectivity index (χ1) is 15.0. The molecular weight excluding hydrogens is 420 g/mol. The zero-order valence-electron chi connectivity index (χ0n) is 17.1. The Hall–Kier alpha value is -3.17. The maximum atomic E-state index is 12.7. The third-order valence-electron chi connectivity index (χ3n) is 5.16. The van der Waals surface area contributed by atoms with Crippen LogP contribution < -0.4 is 15.8 Å². The Labute approximate surface area is 184 Å². The first-order valence-corrected chi connectivity index (χ1v) is 10.4. The van der Waals surface area contributed by atoms with Crippen LogP contribution in [0.2, 0.25) is 5.02 Å². The van der Waals surface area contributed by atoms with Crippen molar-refractivity contribution in [2.24, 2.45) is 0 Å². The predicted molar refractivity (Wildman–Crippen MR) is 118 cm³/mol. The van der Waals surface area contributed by atoms with Crippen LogP contribution in [0.1, 0.15) is 12.2 Å². The summed E-state index contributed by atoms with van der Waals surface area (Å²) in [6, 6.07) is 10.9. The van der Waals surface area contributed by atoms with E-state index in [0.29, 0.717) is 49.0 Å². The number of hydrogen-bond donors (Lipinski definition) is 1. The highest BCUT2D eigenvalue weighted by Gasteiger charge is 2.22. The number of halogens is 1. The Morgan fingerprint density at radius 1 is 1.19 bits per heavy atom. The monoisotopic (exact) mass is 442 g/mol. The van der Waals surface area contributed by atoms with Gasteiger partial charge in [-0.15, -0.1) is 0 Å². The molecule has 3 heterocycles. The SMILES string of the molecule is Cc1cc(NC(=O)CCN2CCN(c3cnn(-c4ccccc4)c(=O)c3Cl)CC2)no1. The highest BCUT2D eigenvalue weighted by molar-refractivity contribution is 6.33. The lowest BCUT2D eigenvalue weighted by Crippen LogP contribution is -2.47. The normalized spacial score (nSPS) is 14.6. The summed E-state index contributed by atoms with van der Waals surface area (Å²) < 4.78 is 6.25. The molecule has 162 valence electrons. The second-order valence-electron chi connectivity index (χ2n) is 7.35. The summed E-state index contributed by atoms with van der Waals surface area (Å²) in [7, 11) is 0. The minimum absolute atomic E-state index is 0.104. The average molecular weight is 443 g/mol. The number of rotatable bonds is 6. The smallest absolute Gasteiger partial charge is 0.292 e. The van der Waals surface area contributed by atoms with Gasteiger partial charge in [0.05, 0.1) is 17.6 Å². The van der Waals surface area contributed by atoms with Gasteiger partial charge in [0.15, 0.2) is 5.82 Å². The molecule has 1 aromatic carbocycles. The fraction of sp³-hybridized carbons (Fsp3) is 0.333. The molecule has 1 aliphatic rings. The van der Waals surface area contributed by atoms with Crippen LogP contribution in [0.3, 0.4) is 0 Å². The number of para-hydroxylation sites is 1. The second kappa shape index (κ2) is 9.32. The maximum absolute atomic E-state index is 12.7. The fourth-order valence-corrected chi connectivity index (χ4v) is 3.75. The summed E-state index contributed by atoms with van der Waals surface area (Å²) in [6.45, 7) is 5.31. The van der Waals surface area contributed by atoms with Crippen molar-refractivity contribution in [2.45, 2.75) is 13.3 Å². The van der Waals surface area contributed by atoms with Gasteiger partial charge in [-0.2, -0.15) is 9.78 Å². The van der Waals surface area contributed by atoms with Crippen LogP contribution in [-0.2, 0) is 4.79 Å². The number of amides is 1. The summed E-state index contributed by atoms with van der Waals surface area (Å²) in [5.41, 5.74) is 0.968. The summed E-state index contributed by atoms with van der Waals surface area (Å²) >= 11 is 6.40. The molecule has 0 bridgehead atoms. The fourth-order valence-electron chi connectivity index (χ4n) is 3.50. The highest BCUT2D eigenvalue weighted by atomic mass is 35.5. The molecule has 3 aromatic rings. The number of piperazine rings is 1. The van der Waals surface area contributed by atoms with Crippen molar-refractivity contribution >= 4 is 29.0 Å². The van der Waals surface area contributed by atoms with E-state index in [1.807, 2.05) is 30.3 Å². The molecule has 9 nitrogen and oxygen atoms in total. The summed E-state index contributed by atoms with van der Waals surface area (Å²) in [5.74, 6) is 0.975. The molecule has 1 fully saturated rings. The van der Waals surface area contributed by atoms with E-state index in [4.69, 9.17) is 16.1 Å². The first kappa shape index (κ1) is 21.1. The lowest BCUT2D eigenvalue weighted by atomic mass is 10.2. The van der Waals surface area contributed by atoms with Crippen molar-refractivity contribution in [3.8, 4) is 5.69 Å². The number of anilines is 2. The highest BCUT2D eigenvalue weighted by Crippen LogP contribution is 2.23. The molecule has 0 saturated carbocycles. The van der Waals surface area contributed by atoms with Crippen LogP contribution in [0.4, 0.5) is 11.5 Å². The van der Waals surface area contributed by atoms with Crippen molar-refractivity contribution in [3.63, 3.8) is 0 Å². The average Bonchev–Trinajstić information content (AvgIpc) is 3.19. The molecule has 0 radical (unpaired) electrons. The molecule has 1 N–H and O–H groups in total. The Bertz CT molecular complexity index is 1110. The molecule has 0 unspecified atom stereocenters. The standard InChI is InChI=1S/C21H23ClN6O3/c1-15-13-18(25-31-15)24-19(29)7-8-26-9-11-27(12-10-26)17-14-23-28(21(30)20(17)22)16-5-3-2-4-6-16/h2-6,13-14H,7-12H2,1H3,(H,24,25,29). The predicted octanol–water partition coefficient (Wildman–Crippen LogP) is 2.33. The maximum Gasteiger partial charge on any atom is 0.292 e. The van der Waals surface area contributed by atoms with Crippen LogP contribution in [0, 0.1) is 6.92 Å². The molecule has 4 rings (SSSR count). The number of carbonyl (C=O) groups excluding carboxylic acids is 1. The summed E-state index contributed by atoms with van der Waals surface area (Å²) in [6.07, 6.45) is 2.00. The van der Waals surface area contributed by atoms with Gasteiger partial charge in [0.1, 0.15) is 10.8 Å². The molecule has 1 aliphatic heterocycles. The molecule has 1 amide bonds. The molecule has 0 aliphatic carbocycles. The van der Waals surface area contributed by atoms with Gasteiger partial charge in [0, 0.05) is 45.2 Å². The van der Waals surface area contributed by atoms with Gasteiger partial charge in [-0.05, 0) is 19.1 Å². The third-order valence-corrected chi connectivity index (χ3v) is 5.52. The van der Waals surface area contributed by atoms with Gasteiger partial charge in [-0.25, -0.2) is 0 Å². The van der Waals surface area contributed by atoms with E-state index in [1.54, 1.807) is 19.2 Å². The zero-order chi connectivity index (χ0) is 21.8. The van der Waals surface area contributed by atoms with E-state index in [2.05, 4.69) is 25.4 Å². The van der Waals surface area contributed by atoms with E-state index in [9.17, 15) is 9.59 Å². The third kappa shape index (κ3) is 4.95. The van der Waals surface area contributed by atoms with Crippen LogP contribution in [-0.4, -0.2) is 58.5 Å². The van der Waals surface area contributed by atoms with Crippen molar-refractivity contribution in [1.29, 1.82) is 0 Å². The van der Waals surface area contributed by atoms with Gasteiger partial charge in [-0.1, -0.05) is 35.0 Å². The first-order valence-electron chi connectivity index (χ1n) is 10.0. The Morgan fingerprint density at radius 2 is 1.94 bits per heavy atom. The molecule has 0 atom stereocenters. The molecule has 0 spiro atoms. The number of aromatic nitrogens is 3. The van der Waals surface area contributed by atoms with E-state index in [-0.39, 0.29) is 16.5 Å². The van der Waals surface area contributed by atoms with Crippen LogP contribution in [0.25, 0.3) is 5.69 Å². The molecular formula is C21H23ClN6O3. The van der Waals surface area contributed by atoms with Crippen molar-refractivity contribution < 1.29 is 9.32 Å². The van der Waals surface area contributed by atoms with Gasteiger partial charge in [0.2, 0.25) is 5.91 Å². The number of hydrogen-bond acceptors (Lipinski definition) is 7.